The van der Waals surface area contributed by atoms with Gasteiger partial charge in [0.1, 0.15) is 5.69 Å². The number of hydrogen-bond acceptors (Lipinski definition) is 5. The minimum atomic E-state index is -0.464. The van der Waals surface area contributed by atoms with E-state index in [2.05, 4.69) is 48.6 Å². The maximum atomic E-state index is 12.2. The highest BCUT2D eigenvalue weighted by Gasteiger charge is 2.26. The molecule has 0 radical (unpaired) electrons. The molecule has 0 aliphatic rings. The quantitative estimate of drug-likeness (QED) is 0.365. The molecule has 2 amide bonds. The Kier molecular flexibility index (Phi) is 10.4. The topological polar surface area (TPSA) is 98.1 Å². The number of rotatable bonds is 14. The summed E-state index contributed by atoms with van der Waals surface area (Å²) in [5.74, 6) is 0.668. The molecule has 194 valence electrons. The van der Waals surface area contributed by atoms with E-state index in [1.54, 1.807) is 0 Å². The Hall–Kier alpha value is -2.74. The second kappa shape index (κ2) is 12.8. The highest BCUT2D eigenvalue weighted by atomic mass is 16.5. The van der Waals surface area contributed by atoms with E-state index in [0.29, 0.717) is 32.0 Å². The Morgan fingerprint density at radius 3 is 2.40 bits per heavy atom. The van der Waals surface area contributed by atoms with Crippen LogP contribution in [0, 0.1) is 11.3 Å². The van der Waals surface area contributed by atoms with E-state index < -0.39 is 5.60 Å². The van der Waals surface area contributed by atoms with Gasteiger partial charge in [0.05, 0.1) is 18.4 Å². The fourth-order valence-corrected chi connectivity index (χ4v) is 3.60. The van der Waals surface area contributed by atoms with Crippen LogP contribution in [0.4, 0.5) is 5.69 Å². The number of aromatic nitrogens is 3. The molecule has 0 fully saturated rings. The molecule has 2 N–H and O–H groups in total. The van der Waals surface area contributed by atoms with Gasteiger partial charge in [-0.3, -0.25) is 14.3 Å². The summed E-state index contributed by atoms with van der Waals surface area (Å²) in [6.45, 7) is 15.8. The minimum Gasteiger partial charge on any atom is -0.373 e. The van der Waals surface area contributed by atoms with Gasteiger partial charge in [-0.25, -0.2) is 0 Å². The molecular formula is C27H43N5O3. The third kappa shape index (κ3) is 11.0. The second-order valence-electron chi connectivity index (χ2n) is 11.2. The standard InChI is InChI=1S/C27H43N5O3/c1-20(2)10-8-9-11-25(34)28-17-27(6,7)35-19-26(4,5)18-32-16-24(30-31-32)22-12-14-23(15-13-22)29-21(3)33/h12-16,20H,8-11,17-19H2,1-7H3,(H,28,34)(H,29,33). The summed E-state index contributed by atoms with van der Waals surface area (Å²) >= 11 is 0. The Balaban J connectivity index is 1.81. The van der Waals surface area contributed by atoms with Crippen LogP contribution in [0.2, 0.25) is 0 Å². The van der Waals surface area contributed by atoms with Crippen LogP contribution in [0.15, 0.2) is 30.5 Å². The van der Waals surface area contributed by atoms with Crippen LogP contribution < -0.4 is 10.6 Å². The summed E-state index contributed by atoms with van der Waals surface area (Å²) in [5, 5.41) is 14.4. The molecule has 2 aromatic rings. The zero-order valence-corrected chi connectivity index (χ0v) is 22.5. The molecule has 0 spiro atoms. The van der Waals surface area contributed by atoms with Gasteiger partial charge < -0.3 is 15.4 Å². The number of amides is 2. The molecule has 8 nitrogen and oxygen atoms in total. The van der Waals surface area contributed by atoms with E-state index in [9.17, 15) is 9.59 Å². The molecule has 0 unspecified atom stereocenters. The molecule has 0 aliphatic carbocycles. The lowest BCUT2D eigenvalue weighted by molar-refractivity contribution is -0.123. The Bertz CT molecular complexity index is 948. The van der Waals surface area contributed by atoms with Crippen molar-refractivity contribution in [3.8, 4) is 11.3 Å². The minimum absolute atomic E-state index is 0.0879. The van der Waals surface area contributed by atoms with Crippen molar-refractivity contribution in [2.24, 2.45) is 11.3 Å². The number of nitrogens with zero attached hydrogens (tertiary/aromatic N) is 3. The van der Waals surface area contributed by atoms with Crippen molar-refractivity contribution >= 4 is 17.5 Å². The summed E-state index contributed by atoms with van der Waals surface area (Å²) < 4.78 is 8.03. The van der Waals surface area contributed by atoms with Crippen LogP contribution in [0.5, 0.6) is 0 Å². The first-order valence-electron chi connectivity index (χ1n) is 12.5. The zero-order chi connectivity index (χ0) is 26.1. The second-order valence-corrected chi connectivity index (χ2v) is 11.2. The van der Waals surface area contributed by atoms with E-state index in [0.717, 1.165) is 36.2 Å². The number of nitrogens with one attached hydrogen (secondary N) is 2. The normalized spacial score (nSPS) is 12.1. The lowest BCUT2D eigenvalue weighted by Crippen LogP contribution is -2.42. The average molecular weight is 486 g/mol. The van der Waals surface area contributed by atoms with Gasteiger partial charge in [-0.2, -0.15) is 0 Å². The number of unbranched alkanes of at least 4 members (excludes halogenated alkanes) is 1. The van der Waals surface area contributed by atoms with E-state index in [-0.39, 0.29) is 17.2 Å². The van der Waals surface area contributed by atoms with Gasteiger partial charge in [0.15, 0.2) is 0 Å². The van der Waals surface area contributed by atoms with E-state index in [1.807, 2.05) is 49.0 Å². The molecule has 0 saturated heterocycles. The monoisotopic (exact) mass is 485 g/mol. The first-order valence-corrected chi connectivity index (χ1v) is 12.5. The van der Waals surface area contributed by atoms with Crippen molar-refractivity contribution < 1.29 is 14.3 Å². The predicted molar refractivity (Wildman–Crippen MR) is 140 cm³/mol. The molecule has 1 heterocycles. The summed E-state index contributed by atoms with van der Waals surface area (Å²) in [6.07, 6.45) is 5.66. The smallest absolute Gasteiger partial charge is 0.221 e. The average Bonchev–Trinajstić information content (AvgIpc) is 3.22. The first-order chi connectivity index (χ1) is 16.3. The summed E-state index contributed by atoms with van der Waals surface area (Å²) in [5.41, 5.74) is 1.80. The Labute approximate surface area is 210 Å². The van der Waals surface area contributed by atoms with Crippen molar-refractivity contribution in [2.45, 2.75) is 86.3 Å². The molecule has 35 heavy (non-hydrogen) atoms. The van der Waals surface area contributed by atoms with Crippen LogP contribution in [-0.2, 0) is 20.9 Å². The molecule has 0 aliphatic heterocycles. The third-order valence-corrected chi connectivity index (χ3v) is 5.63. The van der Waals surface area contributed by atoms with Gasteiger partial charge in [0.2, 0.25) is 11.8 Å². The summed E-state index contributed by atoms with van der Waals surface area (Å²) in [6, 6.07) is 7.52. The number of carbonyl (C=O) groups is 2. The van der Waals surface area contributed by atoms with E-state index in [4.69, 9.17) is 4.74 Å². The number of carbonyl (C=O) groups excluding carboxylic acids is 2. The molecule has 8 heteroatoms. The highest BCUT2D eigenvalue weighted by Crippen LogP contribution is 2.24. The van der Waals surface area contributed by atoms with Crippen molar-refractivity contribution in [3.05, 3.63) is 30.5 Å². The van der Waals surface area contributed by atoms with Crippen LogP contribution >= 0.6 is 0 Å². The van der Waals surface area contributed by atoms with Crippen LogP contribution in [0.1, 0.15) is 74.1 Å². The zero-order valence-electron chi connectivity index (χ0n) is 22.5. The van der Waals surface area contributed by atoms with Crippen molar-refractivity contribution in [2.75, 3.05) is 18.5 Å². The lowest BCUT2D eigenvalue weighted by Gasteiger charge is -2.32. The van der Waals surface area contributed by atoms with E-state index in [1.165, 1.54) is 6.92 Å². The Morgan fingerprint density at radius 1 is 1.09 bits per heavy atom. The molecule has 0 bridgehead atoms. The van der Waals surface area contributed by atoms with E-state index >= 15 is 0 Å². The summed E-state index contributed by atoms with van der Waals surface area (Å²) in [4.78, 5) is 23.3. The molecule has 1 aromatic carbocycles. The third-order valence-electron chi connectivity index (χ3n) is 5.63. The van der Waals surface area contributed by atoms with Gasteiger partial charge in [-0.15, -0.1) is 5.10 Å². The molecular weight excluding hydrogens is 442 g/mol. The van der Waals surface area contributed by atoms with Crippen LogP contribution in [0.25, 0.3) is 11.3 Å². The number of anilines is 1. The van der Waals surface area contributed by atoms with Crippen molar-refractivity contribution in [1.29, 1.82) is 0 Å². The largest absolute Gasteiger partial charge is 0.373 e. The number of hydrogen-bond donors (Lipinski definition) is 2. The number of ether oxygens (including phenoxy) is 1. The fourth-order valence-electron chi connectivity index (χ4n) is 3.60. The lowest BCUT2D eigenvalue weighted by atomic mass is 9.94. The van der Waals surface area contributed by atoms with Crippen molar-refractivity contribution in [1.82, 2.24) is 20.3 Å². The molecule has 0 atom stereocenters. The van der Waals surface area contributed by atoms with Gasteiger partial charge in [0, 0.05) is 43.1 Å². The fraction of sp³-hybridized carbons (Fsp3) is 0.630. The maximum Gasteiger partial charge on any atom is 0.221 e. The Morgan fingerprint density at radius 2 is 1.77 bits per heavy atom. The SMILES string of the molecule is CC(=O)Nc1ccc(-c2cn(CC(C)(C)COC(C)(C)CNC(=O)CCCCC(C)C)nn2)cc1. The molecule has 1 aromatic heterocycles. The van der Waals surface area contributed by atoms with Gasteiger partial charge in [-0.1, -0.05) is 57.9 Å². The molecule has 2 rings (SSSR count). The van der Waals surface area contributed by atoms with Crippen LogP contribution in [-0.4, -0.2) is 45.6 Å². The molecule has 0 saturated carbocycles. The van der Waals surface area contributed by atoms with Crippen LogP contribution in [0.3, 0.4) is 0 Å². The number of benzene rings is 1. The maximum absolute atomic E-state index is 12.2. The predicted octanol–water partition coefficient (Wildman–Crippen LogP) is 5.06. The highest BCUT2D eigenvalue weighted by molar-refractivity contribution is 5.88. The van der Waals surface area contributed by atoms with Gasteiger partial charge in [0.25, 0.3) is 0 Å². The van der Waals surface area contributed by atoms with Gasteiger partial charge in [-0.05, 0) is 38.3 Å². The van der Waals surface area contributed by atoms with Crippen molar-refractivity contribution in [3.63, 3.8) is 0 Å². The first kappa shape index (κ1) is 28.5. The van der Waals surface area contributed by atoms with Gasteiger partial charge >= 0.3 is 0 Å². The summed E-state index contributed by atoms with van der Waals surface area (Å²) in [7, 11) is 0.